The SMILES string of the molecule is COc1cc(NC2Nc3ccc(C(=O)N(CC(C)C)CC(C)C)cc3N2CCCNCC(C)(C)C)cc(OC)c1OC. The highest BCUT2D eigenvalue weighted by Gasteiger charge is 2.31. The Kier molecular flexibility index (Phi) is 11.6. The molecule has 0 spiro atoms. The van der Waals surface area contributed by atoms with E-state index in [1.54, 1.807) is 21.3 Å². The maximum atomic E-state index is 13.7. The van der Waals surface area contributed by atoms with Gasteiger partial charge in [0.05, 0.1) is 32.7 Å². The number of carbonyl (C=O) groups excluding carboxylic acids is 1. The number of carbonyl (C=O) groups is 1. The molecular weight excluding hydrogens is 530 g/mol. The highest BCUT2D eigenvalue weighted by atomic mass is 16.5. The summed E-state index contributed by atoms with van der Waals surface area (Å²) in [4.78, 5) is 18.0. The van der Waals surface area contributed by atoms with Crippen molar-refractivity contribution >= 4 is 23.0 Å². The zero-order valence-corrected chi connectivity index (χ0v) is 27.4. The van der Waals surface area contributed by atoms with Gasteiger partial charge in [-0.15, -0.1) is 0 Å². The molecule has 3 N–H and O–H groups in total. The first kappa shape index (κ1) is 33.2. The zero-order valence-electron chi connectivity index (χ0n) is 27.4. The summed E-state index contributed by atoms with van der Waals surface area (Å²) in [6.45, 7) is 19.4. The first-order valence-corrected chi connectivity index (χ1v) is 15.1. The van der Waals surface area contributed by atoms with Crippen molar-refractivity contribution in [2.24, 2.45) is 17.3 Å². The average Bonchev–Trinajstić information content (AvgIpc) is 3.26. The van der Waals surface area contributed by atoms with Gasteiger partial charge in [-0.25, -0.2) is 0 Å². The number of methoxy groups -OCH3 is 3. The molecule has 0 bridgehead atoms. The summed E-state index contributed by atoms with van der Waals surface area (Å²) in [5.41, 5.74) is 3.75. The predicted molar refractivity (Wildman–Crippen MR) is 173 cm³/mol. The molecule has 0 saturated heterocycles. The minimum Gasteiger partial charge on any atom is -0.493 e. The molecular formula is C33H53N5O4. The lowest BCUT2D eigenvalue weighted by Crippen LogP contribution is -2.43. The van der Waals surface area contributed by atoms with Crippen molar-refractivity contribution in [1.82, 2.24) is 10.2 Å². The standard InChI is InChI=1S/C33H53N5O4/c1-22(2)19-37(20-23(3)4)31(39)24-12-13-26-27(16-24)38(15-11-14-34-21-33(5,6)7)32(36-26)35-25-17-28(40-8)30(42-10)29(18-25)41-9/h12-13,16-18,22-23,32,34-36H,11,14-15,19-21H2,1-10H3. The van der Waals surface area contributed by atoms with Crippen molar-refractivity contribution in [3.8, 4) is 17.2 Å². The molecule has 3 rings (SSSR count). The van der Waals surface area contributed by atoms with Gasteiger partial charge in [-0.1, -0.05) is 48.5 Å². The van der Waals surface area contributed by atoms with Gasteiger partial charge < -0.3 is 40.0 Å². The minimum atomic E-state index is -0.238. The molecule has 0 radical (unpaired) electrons. The number of hydrogen-bond acceptors (Lipinski definition) is 8. The Hall–Kier alpha value is -3.33. The second-order valence-electron chi connectivity index (χ2n) is 13.1. The predicted octanol–water partition coefficient (Wildman–Crippen LogP) is 6.12. The fourth-order valence-electron chi connectivity index (χ4n) is 5.22. The number of fused-ring (bicyclic) bond motifs is 1. The van der Waals surface area contributed by atoms with Crippen LogP contribution in [0, 0.1) is 17.3 Å². The van der Waals surface area contributed by atoms with E-state index < -0.39 is 0 Å². The summed E-state index contributed by atoms with van der Waals surface area (Å²) in [6.07, 6.45) is 0.702. The van der Waals surface area contributed by atoms with Crippen LogP contribution in [0.5, 0.6) is 17.2 Å². The normalized spacial score (nSPS) is 14.6. The number of rotatable bonds is 15. The maximum absolute atomic E-state index is 13.7. The fourth-order valence-corrected chi connectivity index (χ4v) is 5.22. The van der Waals surface area contributed by atoms with E-state index in [0.29, 0.717) is 34.6 Å². The van der Waals surface area contributed by atoms with E-state index in [1.807, 2.05) is 35.2 Å². The number of ether oxygens (including phenoxy) is 3. The monoisotopic (exact) mass is 583 g/mol. The molecule has 0 aromatic heterocycles. The maximum Gasteiger partial charge on any atom is 0.253 e. The molecule has 2 aromatic carbocycles. The van der Waals surface area contributed by atoms with Crippen LogP contribution < -0.4 is 35.1 Å². The van der Waals surface area contributed by atoms with Crippen molar-refractivity contribution < 1.29 is 19.0 Å². The number of nitrogens with zero attached hydrogens (tertiary/aromatic N) is 2. The van der Waals surface area contributed by atoms with Gasteiger partial charge in [0, 0.05) is 43.0 Å². The summed E-state index contributed by atoms with van der Waals surface area (Å²) in [5, 5.41) is 10.8. The van der Waals surface area contributed by atoms with E-state index in [4.69, 9.17) is 14.2 Å². The van der Waals surface area contributed by atoms with Crippen molar-refractivity contribution in [2.45, 2.75) is 61.2 Å². The molecule has 1 aliphatic rings. The molecule has 234 valence electrons. The molecule has 1 aliphatic heterocycles. The van der Waals surface area contributed by atoms with E-state index >= 15 is 0 Å². The second-order valence-corrected chi connectivity index (χ2v) is 13.1. The number of nitrogens with one attached hydrogen (secondary N) is 3. The third-order valence-electron chi connectivity index (χ3n) is 6.99. The fraction of sp³-hybridized carbons (Fsp3) is 0.606. The van der Waals surface area contributed by atoms with Gasteiger partial charge in [0.15, 0.2) is 17.8 Å². The summed E-state index contributed by atoms with van der Waals surface area (Å²) < 4.78 is 16.7. The lowest BCUT2D eigenvalue weighted by molar-refractivity contribution is 0.0715. The van der Waals surface area contributed by atoms with Crippen molar-refractivity contribution in [3.63, 3.8) is 0 Å². The van der Waals surface area contributed by atoms with Gasteiger partial charge in [-0.2, -0.15) is 0 Å². The van der Waals surface area contributed by atoms with Gasteiger partial charge in [-0.05, 0) is 55.0 Å². The molecule has 0 saturated carbocycles. The van der Waals surface area contributed by atoms with Gasteiger partial charge in [-0.3, -0.25) is 4.79 Å². The summed E-state index contributed by atoms with van der Waals surface area (Å²) >= 11 is 0. The average molecular weight is 584 g/mol. The van der Waals surface area contributed by atoms with Crippen LogP contribution in [-0.2, 0) is 0 Å². The van der Waals surface area contributed by atoms with Crippen molar-refractivity contribution in [3.05, 3.63) is 35.9 Å². The Morgan fingerprint density at radius 1 is 0.976 bits per heavy atom. The van der Waals surface area contributed by atoms with Gasteiger partial charge in [0.2, 0.25) is 5.75 Å². The topological polar surface area (TPSA) is 87.3 Å². The lowest BCUT2D eigenvalue weighted by atomic mass is 9.97. The van der Waals surface area contributed by atoms with Crippen LogP contribution in [0.15, 0.2) is 30.3 Å². The second kappa shape index (κ2) is 14.7. The quantitative estimate of drug-likeness (QED) is 0.216. The van der Waals surface area contributed by atoms with Gasteiger partial charge >= 0.3 is 0 Å². The van der Waals surface area contributed by atoms with Gasteiger partial charge in [0.1, 0.15) is 0 Å². The smallest absolute Gasteiger partial charge is 0.253 e. The molecule has 9 heteroatoms. The number of hydrogen-bond donors (Lipinski definition) is 3. The van der Waals surface area contributed by atoms with Crippen molar-refractivity contribution in [1.29, 1.82) is 0 Å². The van der Waals surface area contributed by atoms with E-state index in [0.717, 1.165) is 56.2 Å². The number of benzene rings is 2. The molecule has 0 aliphatic carbocycles. The Morgan fingerprint density at radius 3 is 2.12 bits per heavy atom. The van der Waals surface area contributed by atoms with E-state index in [-0.39, 0.29) is 17.6 Å². The summed E-state index contributed by atoms with van der Waals surface area (Å²) in [6, 6.07) is 9.80. The van der Waals surface area contributed by atoms with E-state index in [1.165, 1.54) is 0 Å². The Labute approximate surface area is 253 Å². The van der Waals surface area contributed by atoms with Crippen LogP contribution >= 0.6 is 0 Å². The molecule has 0 fully saturated rings. The first-order chi connectivity index (χ1) is 19.9. The number of anilines is 3. The Bertz CT molecular complexity index is 1140. The Balaban J connectivity index is 1.90. The highest BCUT2D eigenvalue weighted by molar-refractivity contribution is 5.97. The van der Waals surface area contributed by atoms with Crippen LogP contribution in [0.25, 0.3) is 0 Å². The molecule has 42 heavy (non-hydrogen) atoms. The molecule has 1 amide bonds. The van der Waals surface area contributed by atoms with Gasteiger partial charge in [0.25, 0.3) is 5.91 Å². The lowest BCUT2D eigenvalue weighted by Gasteiger charge is -2.29. The van der Waals surface area contributed by atoms with Crippen LogP contribution in [-0.4, -0.2) is 71.1 Å². The van der Waals surface area contributed by atoms with Crippen molar-refractivity contribution in [2.75, 3.05) is 69.6 Å². The largest absolute Gasteiger partial charge is 0.493 e. The van der Waals surface area contributed by atoms with E-state index in [9.17, 15) is 4.79 Å². The molecule has 9 nitrogen and oxygen atoms in total. The third kappa shape index (κ3) is 8.84. The zero-order chi connectivity index (χ0) is 31.0. The van der Waals surface area contributed by atoms with Crippen LogP contribution in [0.3, 0.4) is 0 Å². The molecule has 1 heterocycles. The summed E-state index contributed by atoms with van der Waals surface area (Å²) in [7, 11) is 4.82. The molecule has 2 aromatic rings. The first-order valence-electron chi connectivity index (χ1n) is 15.1. The molecule has 1 atom stereocenters. The number of amides is 1. The minimum absolute atomic E-state index is 0.0769. The molecule has 1 unspecified atom stereocenters. The highest BCUT2D eigenvalue weighted by Crippen LogP contribution is 2.41. The third-order valence-corrected chi connectivity index (χ3v) is 6.99. The van der Waals surface area contributed by atoms with Crippen LogP contribution in [0.4, 0.5) is 17.1 Å². The van der Waals surface area contributed by atoms with Crippen LogP contribution in [0.1, 0.15) is 65.2 Å². The Morgan fingerprint density at radius 2 is 1.60 bits per heavy atom. The van der Waals surface area contributed by atoms with E-state index in [2.05, 4.69) is 69.3 Å². The van der Waals surface area contributed by atoms with Crippen LogP contribution in [0.2, 0.25) is 0 Å². The summed E-state index contributed by atoms with van der Waals surface area (Å²) in [5.74, 6) is 2.58.